The Morgan fingerprint density at radius 2 is 0.770 bits per heavy atom. The molecule has 0 aromatic heterocycles. The van der Waals surface area contributed by atoms with E-state index in [9.17, 15) is 19.0 Å². The summed E-state index contributed by atoms with van der Waals surface area (Å²) in [7, 11) is 1.42. The van der Waals surface area contributed by atoms with Gasteiger partial charge in [-0.05, 0) is 122 Å². The Hall–Kier alpha value is -4.37. The number of hydrogen-bond donors (Lipinski definition) is 1. The van der Waals surface area contributed by atoms with E-state index in [1.165, 1.54) is 12.8 Å². The topological polar surface area (TPSA) is 108 Å². The molecule has 0 aliphatic rings. The summed E-state index contributed by atoms with van der Waals surface area (Å²) in [5, 5.41) is 0. The number of esters is 2. The van der Waals surface area contributed by atoms with Gasteiger partial charge in [0, 0.05) is 12.8 Å². The summed E-state index contributed by atoms with van der Waals surface area (Å²) < 4.78 is 34.3. The highest BCUT2D eigenvalue weighted by Crippen LogP contribution is 2.43. The van der Waals surface area contributed by atoms with E-state index in [0.29, 0.717) is 23.9 Å². The van der Waals surface area contributed by atoms with Crippen molar-refractivity contribution in [1.82, 2.24) is 0 Å². The van der Waals surface area contributed by atoms with Gasteiger partial charge in [0.05, 0.1) is 27.7 Å². The van der Waals surface area contributed by atoms with E-state index in [1.54, 1.807) is 0 Å². The summed E-state index contributed by atoms with van der Waals surface area (Å²) >= 11 is 0. The number of phosphoric acid groups is 1. The zero-order valence-corrected chi connectivity index (χ0v) is 47.9. The molecule has 2 atom stereocenters. The van der Waals surface area contributed by atoms with Crippen LogP contribution in [0.2, 0.25) is 0 Å². The molecule has 0 spiro atoms. The molecule has 0 saturated heterocycles. The van der Waals surface area contributed by atoms with Crippen molar-refractivity contribution >= 4 is 19.8 Å². The van der Waals surface area contributed by atoms with Gasteiger partial charge in [-0.15, -0.1) is 0 Å². The Kier molecular flexibility index (Phi) is 50.3. The Morgan fingerprint density at radius 3 is 1.19 bits per heavy atom. The van der Waals surface area contributed by atoms with Crippen molar-refractivity contribution in [2.75, 3.05) is 47.5 Å². The maximum absolute atomic E-state index is 12.7. The van der Waals surface area contributed by atoms with Gasteiger partial charge < -0.3 is 18.9 Å². The molecule has 0 rings (SSSR count). The van der Waals surface area contributed by atoms with Gasteiger partial charge in [0.1, 0.15) is 19.8 Å². The summed E-state index contributed by atoms with van der Waals surface area (Å²) in [6.07, 6.45) is 80.5. The van der Waals surface area contributed by atoms with Crippen molar-refractivity contribution in [3.63, 3.8) is 0 Å². The van der Waals surface area contributed by atoms with Gasteiger partial charge in [-0.25, -0.2) is 4.57 Å². The number of carbonyl (C=O) groups is 2. The highest BCUT2D eigenvalue weighted by molar-refractivity contribution is 7.47. The first-order valence-electron chi connectivity index (χ1n) is 28.2. The molecule has 1 N–H and O–H groups in total. The van der Waals surface area contributed by atoms with Crippen LogP contribution in [0.25, 0.3) is 0 Å². The summed E-state index contributed by atoms with van der Waals surface area (Å²) in [6.45, 7) is 4.17. The molecule has 0 aromatic rings. The zero-order chi connectivity index (χ0) is 54.2. The number of hydrogen-bond acceptors (Lipinski definition) is 7. The van der Waals surface area contributed by atoms with E-state index in [-0.39, 0.29) is 26.1 Å². The second-order valence-electron chi connectivity index (χ2n) is 19.2. The third-order valence-corrected chi connectivity index (χ3v) is 12.0. The van der Waals surface area contributed by atoms with Crippen LogP contribution in [0.5, 0.6) is 0 Å². The number of nitrogens with zero attached hydrogens (tertiary/aromatic N) is 1. The lowest BCUT2D eigenvalue weighted by molar-refractivity contribution is -0.870. The lowest BCUT2D eigenvalue weighted by Crippen LogP contribution is -2.37. The second kappa shape index (κ2) is 53.5. The fourth-order valence-electron chi connectivity index (χ4n) is 6.68. The van der Waals surface area contributed by atoms with Crippen LogP contribution in [-0.2, 0) is 32.7 Å². The van der Waals surface area contributed by atoms with Crippen LogP contribution in [0.15, 0.2) is 158 Å². The van der Waals surface area contributed by atoms with Gasteiger partial charge in [-0.1, -0.05) is 204 Å². The second-order valence-corrected chi connectivity index (χ2v) is 20.7. The van der Waals surface area contributed by atoms with E-state index in [0.717, 1.165) is 128 Å². The van der Waals surface area contributed by atoms with E-state index in [2.05, 4.69) is 172 Å². The first kappa shape index (κ1) is 69.6. The first-order valence-corrected chi connectivity index (χ1v) is 29.7. The average Bonchev–Trinajstić information content (AvgIpc) is 3.36. The minimum Gasteiger partial charge on any atom is -0.462 e. The predicted octanol–water partition coefficient (Wildman–Crippen LogP) is 17.7. The molecule has 2 unspecified atom stereocenters. The number of quaternary nitrogens is 1. The molecule has 74 heavy (non-hydrogen) atoms. The average molecular weight is 1050 g/mol. The van der Waals surface area contributed by atoms with Gasteiger partial charge in [0.15, 0.2) is 6.10 Å². The number of phosphoric ester groups is 1. The smallest absolute Gasteiger partial charge is 0.462 e. The minimum atomic E-state index is -4.40. The third-order valence-electron chi connectivity index (χ3n) is 11.0. The van der Waals surface area contributed by atoms with Crippen molar-refractivity contribution < 1.29 is 42.1 Å². The molecule has 0 amide bonds. The minimum absolute atomic E-state index is 0.0132. The predicted molar refractivity (Wildman–Crippen MR) is 316 cm³/mol. The van der Waals surface area contributed by atoms with Crippen LogP contribution in [0.4, 0.5) is 0 Å². The van der Waals surface area contributed by atoms with Crippen LogP contribution in [0.3, 0.4) is 0 Å². The van der Waals surface area contributed by atoms with Crippen molar-refractivity contribution in [2.45, 2.75) is 187 Å². The van der Waals surface area contributed by atoms with Crippen LogP contribution in [0.1, 0.15) is 181 Å². The van der Waals surface area contributed by atoms with Gasteiger partial charge in [0.25, 0.3) is 0 Å². The van der Waals surface area contributed by atoms with Crippen LogP contribution < -0.4 is 0 Å². The molecule has 0 aliphatic carbocycles. The van der Waals surface area contributed by atoms with E-state index >= 15 is 0 Å². The fraction of sp³-hybridized carbons (Fsp3) is 0.562. The van der Waals surface area contributed by atoms with Gasteiger partial charge in [-0.2, -0.15) is 0 Å². The Morgan fingerprint density at radius 1 is 0.432 bits per heavy atom. The molecule has 0 aromatic carbocycles. The van der Waals surface area contributed by atoms with Crippen LogP contribution in [0, 0.1) is 0 Å². The van der Waals surface area contributed by atoms with Crippen molar-refractivity contribution in [3.8, 4) is 0 Å². The monoisotopic (exact) mass is 1040 g/mol. The number of unbranched alkanes of at least 4 members (excludes halogenated alkanes) is 9. The molecule has 0 aliphatic heterocycles. The molecule has 9 nitrogen and oxygen atoms in total. The normalized spacial score (nSPS) is 14.5. The highest BCUT2D eigenvalue weighted by atomic mass is 31.2. The number of rotatable bonds is 49. The molecular formula is C64H103NO8P+. The van der Waals surface area contributed by atoms with Gasteiger partial charge in [-0.3, -0.25) is 18.6 Å². The Labute approximate surface area is 452 Å². The molecule has 0 bridgehead atoms. The fourth-order valence-corrected chi connectivity index (χ4v) is 7.42. The Bertz CT molecular complexity index is 1800. The quantitative estimate of drug-likeness (QED) is 0.0211. The largest absolute Gasteiger partial charge is 0.472 e. The summed E-state index contributed by atoms with van der Waals surface area (Å²) in [6, 6.07) is 0. The van der Waals surface area contributed by atoms with E-state index < -0.39 is 32.5 Å². The maximum Gasteiger partial charge on any atom is 0.472 e. The van der Waals surface area contributed by atoms with Crippen molar-refractivity contribution in [3.05, 3.63) is 158 Å². The van der Waals surface area contributed by atoms with Gasteiger partial charge in [0.2, 0.25) is 0 Å². The maximum atomic E-state index is 12.7. The number of carbonyl (C=O) groups excluding carboxylic acids is 2. The standard InChI is InChI=1S/C64H102NO8P/c1-6-8-10-12-14-16-18-19-20-21-22-23-24-25-26-27-28-29-30-31-32-33-34-35-36-37-38-39-40-41-42-43-44-45-47-49-51-53-55-57-64(67)73-62(61-72-74(68,69)71-59-58-65(3,4)5)60-70-63(66)56-54-52-50-48-46-17-15-13-11-9-7-2/h8,10,13-16,19-20,22-23,25-26,28-29,31-32,34-35,37-38,40-41,43-44,47,49,62H,6-7,9,11-12,17-18,21,24,27,30,33,36,39,42,45-46,48,50-61H2,1-5H3/p+1/b10-8-,15-13-,16-14-,20-19-,23-22-,26-25-,29-28-,32-31-,35-34-,38-37-,41-40-,44-43-,49-47-. The zero-order valence-electron chi connectivity index (χ0n) is 47.0. The lowest BCUT2D eigenvalue weighted by atomic mass is 10.1. The molecule has 0 heterocycles. The number of likely N-dealkylation sites (N-methyl/N-ethyl adjacent to an activating group) is 1. The number of ether oxygens (including phenoxy) is 2. The lowest BCUT2D eigenvalue weighted by Gasteiger charge is -2.24. The summed E-state index contributed by atoms with van der Waals surface area (Å²) in [5.74, 6) is -0.876. The van der Waals surface area contributed by atoms with Crippen molar-refractivity contribution in [1.29, 1.82) is 0 Å². The molecule has 0 radical (unpaired) electrons. The number of allylic oxidation sites excluding steroid dienone is 26. The first-order chi connectivity index (χ1) is 36.0. The van der Waals surface area contributed by atoms with Gasteiger partial charge >= 0.3 is 19.8 Å². The van der Waals surface area contributed by atoms with E-state index in [1.807, 2.05) is 21.1 Å². The van der Waals surface area contributed by atoms with Crippen molar-refractivity contribution in [2.24, 2.45) is 0 Å². The Balaban J connectivity index is 4.23. The van der Waals surface area contributed by atoms with Crippen LogP contribution in [-0.4, -0.2) is 74.9 Å². The van der Waals surface area contributed by atoms with E-state index in [4.69, 9.17) is 18.5 Å². The molecular weight excluding hydrogens is 942 g/mol. The molecule has 10 heteroatoms. The SMILES string of the molecule is CC/C=C\C/C=C\C/C=C\C/C=C\C/C=C\C/C=C\C/C=C\C/C=C\C/C=C\C/C=C\C/C=C\C/C=C\CCCCC(=O)OC(COC(=O)CCCCCCC/C=C\CCCC)COP(=O)(O)OCC[N+](C)(C)C. The molecule has 0 saturated carbocycles. The third kappa shape index (κ3) is 56.9. The summed E-state index contributed by atoms with van der Waals surface area (Å²) in [5.41, 5.74) is 0. The molecule has 416 valence electrons. The van der Waals surface area contributed by atoms with Crippen LogP contribution >= 0.6 is 7.82 Å². The molecule has 0 fully saturated rings. The highest BCUT2D eigenvalue weighted by Gasteiger charge is 2.27. The summed E-state index contributed by atoms with van der Waals surface area (Å²) in [4.78, 5) is 35.5.